The van der Waals surface area contributed by atoms with Crippen LogP contribution in [0.5, 0.6) is 5.75 Å². The van der Waals surface area contributed by atoms with Crippen LogP contribution in [-0.4, -0.2) is 47.9 Å². The van der Waals surface area contributed by atoms with Gasteiger partial charge in [0, 0.05) is 29.5 Å². The first kappa shape index (κ1) is 19.2. The Morgan fingerprint density at radius 3 is 2.70 bits per heavy atom. The molecule has 1 saturated heterocycles. The Kier molecular flexibility index (Phi) is 5.96. The lowest BCUT2D eigenvalue weighted by molar-refractivity contribution is 0.0930. The molecule has 0 unspecified atom stereocenters. The number of hydrogen-bond donors (Lipinski definition) is 0. The third-order valence-electron chi connectivity index (χ3n) is 4.64. The molecule has 0 radical (unpaired) electrons. The molecule has 6 nitrogen and oxygen atoms in total. The first-order valence-electron chi connectivity index (χ1n) is 8.90. The number of methoxy groups -OCH3 is 1. The van der Waals surface area contributed by atoms with Crippen LogP contribution < -0.4 is 9.64 Å². The fourth-order valence-corrected chi connectivity index (χ4v) is 3.36. The summed E-state index contributed by atoms with van der Waals surface area (Å²) >= 11 is 5.95. The highest BCUT2D eigenvalue weighted by atomic mass is 35.5. The highest BCUT2D eigenvalue weighted by Gasteiger charge is 2.38. The Morgan fingerprint density at radius 1 is 1.30 bits per heavy atom. The molecule has 3 rings (SSSR count). The number of benzene rings is 1. The van der Waals surface area contributed by atoms with E-state index in [2.05, 4.69) is 11.9 Å². The van der Waals surface area contributed by atoms with E-state index in [0.717, 1.165) is 18.5 Å². The molecule has 0 saturated carbocycles. The van der Waals surface area contributed by atoms with E-state index in [0.29, 0.717) is 23.0 Å². The summed E-state index contributed by atoms with van der Waals surface area (Å²) in [4.78, 5) is 33.1. The topological polar surface area (TPSA) is 62.7 Å². The van der Waals surface area contributed by atoms with Gasteiger partial charge in [-0.15, -0.1) is 0 Å². The monoisotopic (exact) mass is 387 g/mol. The van der Waals surface area contributed by atoms with Gasteiger partial charge in [0.05, 0.1) is 19.7 Å². The molecule has 2 aromatic rings. The van der Waals surface area contributed by atoms with Crippen molar-refractivity contribution in [1.29, 1.82) is 0 Å². The summed E-state index contributed by atoms with van der Waals surface area (Å²) in [6.45, 7) is 2.61. The number of halogens is 1. The minimum atomic E-state index is -0.207. The highest BCUT2D eigenvalue weighted by molar-refractivity contribution is 6.30. The number of anilines is 1. The van der Waals surface area contributed by atoms with Gasteiger partial charge in [-0.25, -0.2) is 4.79 Å². The van der Waals surface area contributed by atoms with Crippen molar-refractivity contribution in [1.82, 2.24) is 9.88 Å². The molecule has 2 heterocycles. The van der Waals surface area contributed by atoms with Crippen LogP contribution in [-0.2, 0) is 0 Å². The molecule has 1 aromatic heterocycles. The Bertz CT molecular complexity index is 825. The van der Waals surface area contributed by atoms with Gasteiger partial charge >= 0.3 is 6.03 Å². The van der Waals surface area contributed by atoms with E-state index < -0.39 is 0 Å². The molecule has 1 fully saturated rings. The fraction of sp³-hybridized carbons (Fsp3) is 0.350. The van der Waals surface area contributed by atoms with Crippen molar-refractivity contribution in [3.05, 3.63) is 53.3 Å². The Morgan fingerprint density at radius 2 is 2.04 bits per heavy atom. The van der Waals surface area contributed by atoms with Crippen molar-refractivity contribution in [3.63, 3.8) is 0 Å². The van der Waals surface area contributed by atoms with Crippen molar-refractivity contribution in [2.75, 3.05) is 25.1 Å². The van der Waals surface area contributed by atoms with E-state index in [9.17, 15) is 9.59 Å². The second kappa shape index (κ2) is 8.39. The van der Waals surface area contributed by atoms with Gasteiger partial charge in [-0.2, -0.15) is 0 Å². The van der Waals surface area contributed by atoms with Crippen LogP contribution in [0.4, 0.5) is 10.5 Å². The van der Waals surface area contributed by atoms with Gasteiger partial charge < -0.3 is 9.64 Å². The first-order valence-corrected chi connectivity index (χ1v) is 9.28. The maximum absolute atomic E-state index is 13.0. The third kappa shape index (κ3) is 4.22. The molecular formula is C20H22ClN3O3. The molecule has 0 spiro atoms. The minimum Gasteiger partial charge on any atom is -0.497 e. The molecule has 0 N–H and O–H groups in total. The van der Waals surface area contributed by atoms with Crippen molar-refractivity contribution >= 4 is 29.1 Å². The lowest BCUT2D eigenvalue weighted by Gasteiger charge is -2.22. The average molecular weight is 388 g/mol. The molecule has 1 aromatic carbocycles. The SMILES string of the molecule is CCC[C@H]1CN(c2ccc(Cl)cc2)C(=O)N1CC(=O)c1cc(OC)ccn1. The lowest BCUT2D eigenvalue weighted by Crippen LogP contribution is -2.39. The molecule has 142 valence electrons. The number of carbonyl (C=O) groups excluding carboxylic acids is 2. The van der Waals surface area contributed by atoms with Crippen molar-refractivity contribution in [2.45, 2.75) is 25.8 Å². The summed E-state index contributed by atoms with van der Waals surface area (Å²) in [5.74, 6) is 0.357. The number of aromatic nitrogens is 1. The number of nitrogens with zero attached hydrogens (tertiary/aromatic N) is 3. The molecule has 1 aliphatic heterocycles. The smallest absolute Gasteiger partial charge is 0.325 e. The number of Topliss-reactive ketones (excluding diaryl/α,β-unsaturated/α-hetero) is 1. The minimum absolute atomic E-state index is 0.00619. The molecule has 0 aliphatic carbocycles. The number of carbonyl (C=O) groups is 2. The lowest BCUT2D eigenvalue weighted by atomic mass is 10.1. The summed E-state index contributed by atoms with van der Waals surface area (Å²) in [6, 6.07) is 10.2. The number of ketones is 1. The standard InChI is InChI=1S/C20H22ClN3O3/c1-3-4-16-12-23(15-7-5-14(21)6-8-15)20(26)24(16)13-19(25)18-11-17(27-2)9-10-22-18/h5-11,16H,3-4,12-13H2,1-2H3/t16-/m0/s1. The predicted molar refractivity (Wildman–Crippen MR) is 105 cm³/mol. The molecule has 1 aliphatic rings. The first-order chi connectivity index (χ1) is 13.0. The summed E-state index contributed by atoms with van der Waals surface area (Å²) in [5.41, 5.74) is 1.07. The van der Waals surface area contributed by atoms with Crippen molar-refractivity contribution < 1.29 is 14.3 Å². The van der Waals surface area contributed by atoms with Gasteiger partial charge in [0.1, 0.15) is 11.4 Å². The summed E-state index contributed by atoms with van der Waals surface area (Å²) in [5, 5.41) is 0.617. The van der Waals surface area contributed by atoms with Crippen LogP contribution in [0.2, 0.25) is 5.02 Å². The van der Waals surface area contributed by atoms with E-state index >= 15 is 0 Å². The number of ether oxygens (including phenoxy) is 1. The van der Waals surface area contributed by atoms with E-state index in [1.165, 1.54) is 13.3 Å². The molecule has 27 heavy (non-hydrogen) atoms. The number of urea groups is 1. The van der Waals surface area contributed by atoms with Gasteiger partial charge in [-0.05, 0) is 36.8 Å². The highest BCUT2D eigenvalue weighted by Crippen LogP contribution is 2.27. The van der Waals surface area contributed by atoms with Crippen molar-refractivity contribution in [2.24, 2.45) is 0 Å². The molecule has 1 atom stereocenters. The van der Waals surface area contributed by atoms with E-state index in [-0.39, 0.29) is 24.4 Å². The van der Waals surface area contributed by atoms with Crippen LogP contribution in [0.3, 0.4) is 0 Å². The Hall–Kier alpha value is -2.60. The maximum Gasteiger partial charge on any atom is 0.325 e. The second-order valence-corrected chi connectivity index (χ2v) is 6.88. The van der Waals surface area contributed by atoms with Gasteiger partial charge in [0.25, 0.3) is 0 Å². The zero-order valence-electron chi connectivity index (χ0n) is 15.4. The summed E-state index contributed by atoms with van der Waals surface area (Å²) < 4.78 is 5.15. The Balaban J connectivity index is 1.80. The van der Waals surface area contributed by atoms with E-state index in [1.807, 2.05) is 12.1 Å². The normalized spacial score (nSPS) is 16.7. The Labute approximate surface area is 163 Å². The quantitative estimate of drug-likeness (QED) is 0.673. The summed E-state index contributed by atoms with van der Waals surface area (Å²) in [7, 11) is 1.54. The molecule has 2 amide bonds. The predicted octanol–water partition coefficient (Wildman–Crippen LogP) is 4.04. The van der Waals surface area contributed by atoms with Gasteiger partial charge in [0.15, 0.2) is 0 Å². The summed E-state index contributed by atoms with van der Waals surface area (Å²) in [6.07, 6.45) is 3.28. The molecule has 7 heteroatoms. The fourth-order valence-electron chi connectivity index (χ4n) is 3.24. The maximum atomic E-state index is 13.0. The van der Waals surface area contributed by atoms with Gasteiger partial charge in [0.2, 0.25) is 5.78 Å². The van der Waals surface area contributed by atoms with Gasteiger partial charge in [-0.1, -0.05) is 24.9 Å². The van der Waals surface area contributed by atoms with Crippen LogP contribution in [0.1, 0.15) is 30.3 Å². The average Bonchev–Trinajstić information content (AvgIpc) is 2.98. The van der Waals surface area contributed by atoms with E-state index in [1.54, 1.807) is 34.1 Å². The third-order valence-corrected chi connectivity index (χ3v) is 4.89. The van der Waals surface area contributed by atoms with Crippen LogP contribution in [0.25, 0.3) is 0 Å². The zero-order valence-corrected chi connectivity index (χ0v) is 16.1. The number of amides is 2. The zero-order chi connectivity index (χ0) is 19.4. The largest absolute Gasteiger partial charge is 0.497 e. The van der Waals surface area contributed by atoms with Crippen LogP contribution in [0.15, 0.2) is 42.6 Å². The molecule has 0 bridgehead atoms. The second-order valence-electron chi connectivity index (χ2n) is 6.44. The van der Waals surface area contributed by atoms with Gasteiger partial charge in [-0.3, -0.25) is 14.7 Å². The molecular weight excluding hydrogens is 366 g/mol. The number of pyridine rings is 1. The van der Waals surface area contributed by atoms with Crippen LogP contribution >= 0.6 is 11.6 Å². The van der Waals surface area contributed by atoms with Crippen LogP contribution in [0, 0.1) is 0 Å². The van der Waals surface area contributed by atoms with E-state index in [4.69, 9.17) is 16.3 Å². The number of hydrogen-bond acceptors (Lipinski definition) is 4. The number of rotatable bonds is 7. The van der Waals surface area contributed by atoms with Crippen molar-refractivity contribution in [3.8, 4) is 5.75 Å².